The third kappa shape index (κ3) is 11.1. The van der Waals surface area contributed by atoms with Gasteiger partial charge in [-0.05, 0) is 25.2 Å². The van der Waals surface area contributed by atoms with Gasteiger partial charge in [0, 0.05) is 25.1 Å². The first-order valence-corrected chi connectivity index (χ1v) is 8.45. The first-order chi connectivity index (χ1) is 10.1. The van der Waals surface area contributed by atoms with E-state index in [4.69, 9.17) is 0 Å². The molecule has 0 aromatic carbocycles. The number of aryl methyl sites for hydroxylation is 1. The zero-order valence-electron chi connectivity index (χ0n) is 14.8. The van der Waals surface area contributed by atoms with E-state index in [2.05, 4.69) is 56.0 Å². The summed E-state index contributed by atoms with van der Waals surface area (Å²) in [6.07, 6.45) is 7.75. The Kier molecular flexibility index (Phi) is 11.7. The van der Waals surface area contributed by atoms with Crippen LogP contribution in [0.4, 0.5) is 0 Å². The van der Waals surface area contributed by atoms with Gasteiger partial charge < -0.3 is 0 Å². The smallest absolute Gasteiger partial charge is 0.0827 e. The Balaban J connectivity index is 0.00000191. The van der Waals surface area contributed by atoms with Crippen LogP contribution in [0.1, 0.15) is 72.9 Å². The van der Waals surface area contributed by atoms with Crippen molar-refractivity contribution in [3.8, 4) is 11.8 Å². The van der Waals surface area contributed by atoms with Crippen molar-refractivity contribution in [1.82, 2.24) is 15.0 Å². The fraction of sp³-hybridized carbons (Fsp3) is 0.778. The summed E-state index contributed by atoms with van der Waals surface area (Å²) in [7, 11) is 0. The van der Waals surface area contributed by atoms with Gasteiger partial charge in [-0.3, -0.25) is 4.68 Å². The number of hydrogen-bond donors (Lipinski definition) is 0. The minimum atomic E-state index is 0.496. The van der Waals surface area contributed by atoms with Crippen LogP contribution in [0.3, 0.4) is 0 Å². The lowest BCUT2D eigenvalue weighted by Crippen LogP contribution is -2.04. The van der Waals surface area contributed by atoms with E-state index in [0.717, 1.165) is 25.1 Å². The van der Waals surface area contributed by atoms with E-state index in [0.29, 0.717) is 11.8 Å². The summed E-state index contributed by atoms with van der Waals surface area (Å²) in [5.74, 6) is 7.54. The van der Waals surface area contributed by atoms with Crippen LogP contribution in [-0.4, -0.2) is 15.0 Å². The largest absolute Gasteiger partial charge is 0.252 e. The number of rotatable bonds is 7. The molecule has 0 saturated carbocycles. The lowest BCUT2D eigenvalue weighted by atomic mass is 10.1. The van der Waals surface area contributed by atoms with Crippen LogP contribution in [0, 0.1) is 23.7 Å². The SMILES string of the molecule is CC.CC(C)C#CCCCCCc1cn(CC(C)C)nn1. The second-order valence-electron chi connectivity index (χ2n) is 5.86. The molecule has 0 aliphatic carbocycles. The highest BCUT2D eigenvalue weighted by molar-refractivity contribution is 5.01. The predicted molar refractivity (Wildman–Crippen MR) is 91.0 cm³/mol. The molecule has 0 atom stereocenters. The van der Waals surface area contributed by atoms with Crippen molar-refractivity contribution in [3.05, 3.63) is 11.9 Å². The van der Waals surface area contributed by atoms with E-state index < -0.39 is 0 Å². The fourth-order valence-electron chi connectivity index (χ4n) is 1.89. The molecule has 3 heteroatoms. The Morgan fingerprint density at radius 2 is 1.81 bits per heavy atom. The lowest BCUT2D eigenvalue weighted by molar-refractivity contribution is 0.472. The van der Waals surface area contributed by atoms with E-state index in [1.165, 1.54) is 19.3 Å². The molecule has 0 aliphatic rings. The molecule has 0 N–H and O–H groups in total. The number of aromatic nitrogens is 3. The monoisotopic (exact) mass is 291 g/mol. The van der Waals surface area contributed by atoms with E-state index in [1.54, 1.807) is 0 Å². The maximum Gasteiger partial charge on any atom is 0.0827 e. The second-order valence-corrected chi connectivity index (χ2v) is 5.86. The molecule has 0 saturated heterocycles. The topological polar surface area (TPSA) is 30.7 Å². The molecule has 0 aliphatic heterocycles. The van der Waals surface area contributed by atoms with Gasteiger partial charge in [-0.15, -0.1) is 16.9 Å². The van der Waals surface area contributed by atoms with Crippen LogP contribution in [-0.2, 0) is 13.0 Å². The fourth-order valence-corrected chi connectivity index (χ4v) is 1.89. The highest BCUT2D eigenvalue weighted by Crippen LogP contribution is 2.06. The predicted octanol–water partition coefficient (Wildman–Crippen LogP) is 4.72. The van der Waals surface area contributed by atoms with Crippen LogP contribution < -0.4 is 0 Å². The minimum Gasteiger partial charge on any atom is -0.252 e. The molecule has 1 aromatic rings. The number of hydrogen-bond acceptors (Lipinski definition) is 2. The average Bonchev–Trinajstić information content (AvgIpc) is 2.86. The van der Waals surface area contributed by atoms with Crippen molar-refractivity contribution in [2.45, 2.75) is 80.2 Å². The first kappa shape index (κ1) is 19.7. The molecule has 1 rings (SSSR count). The highest BCUT2D eigenvalue weighted by Gasteiger charge is 2.02. The minimum absolute atomic E-state index is 0.496. The molecule has 1 aromatic heterocycles. The standard InChI is InChI=1S/C16H27N3.C2H6/c1-14(2)10-8-6-5-7-9-11-16-13-19(18-17-16)12-15(3)4;1-2/h13-15H,5-7,9,11-12H2,1-4H3;1-2H3. The van der Waals surface area contributed by atoms with Crippen molar-refractivity contribution < 1.29 is 0 Å². The van der Waals surface area contributed by atoms with Gasteiger partial charge >= 0.3 is 0 Å². The Hall–Kier alpha value is -1.30. The van der Waals surface area contributed by atoms with E-state index in [-0.39, 0.29) is 0 Å². The van der Waals surface area contributed by atoms with Gasteiger partial charge in [0.25, 0.3) is 0 Å². The quantitative estimate of drug-likeness (QED) is 0.537. The van der Waals surface area contributed by atoms with Gasteiger partial charge in [0.15, 0.2) is 0 Å². The van der Waals surface area contributed by atoms with Crippen LogP contribution in [0.25, 0.3) is 0 Å². The molecule has 0 bridgehead atoms. The Morgan fingerprint density at radius 1 is 1.10 bits per heavy atom. The van der Waals surface area contributed by atoms with Crippen molar-refractivity contribution in [1.29, 1.82) is 0 Å². The maximum atomic E-state index is 4.21. The molecule has 120 valence electrons. The maximum absolute atomic E-state index is 4.21. The van der Waals surface area contributed by atoms with Gasteiger partial charge in [0.2, 0.25) is 0 Å². The van der Waals surface area contributed by atoms with Crippen molar-refractivity contribution in [2.24, 2.45) is 11.8 Å². The summed E-state index contributed by atoms with van der Waals surface area (Å²) in [5, 5.41) is 8.36. The summed E-state index contributed by atoms with van der Waals surface area (Å²) in [6, 6.07) is 0. The summed E-state index contributed by atoms with van der Waals surface area (Å²) in [4.78, 5) is 0. The average molecular weight is 291 g/mol. The molecule has 0 radical (unpaired) electrons. The Bertz CT molecular complexity index is 408. The van der Waals surface area contributed by atoms with Gasteiger partial charge in [0.1, 0.15) is 0 Å². The van der Waals surface area contributed by atoms with E-state index in [1.807, 2.05) is 18.5 Å². The third-order valence-corrected chi connectivity index (χ3v) is 2.76. The van der Waals surface area contributed by atoms with Crippen LogP contribution in [0.15, 0.2) is 6.20 Å². The first-order valence-electron chi connectivity index (χ1n) is 8.45. The number of nitrogens with zero attached hydrogens (tertiary/aromatic N) is 3. The lowest BCUT2D eigenvalue weighted by Gasteiger charge is -2.01. The Labute approximate surface area is 131 Å². The highest BCUT2D eigenvalue weighted by atomic mass is 15.4. The normalized spacial score (nSPS) is 10.1. The van der Waals surface area contributed by atoms with E-state index >= 15 is 0 Å². The van der Waals surface area contributed by atoms with Crippen molar-refractivity contribution in [3.63, 3.8) is 0 Å². The molecule has 0 unspecified atom stereocenters. The second kappa shape index (κ2) is 12.4. The molecule has 0 spiro atoms. The molecular weight excluding hydrogens is 258 g/mol. The molecule has 0 amide bonds. The van der Waals surface area contributed by atoms with Crippen molar-refractivity contribution >= 4 is 0 Å². The summed E-state index contributed by atoms with van der Waals surface area (Å²) < 4.78 is 1.95. The molecule has 21 heavy (non-hydrogen) atoms. The van der Waals surface area contributed by atoms with Gasteiger partial charge in [0.05, 0.1) is 5.69 Å². The molecule has 3 nitrogen and oxygen atoms in total. The molecule has 1 heterocycles. The summed E-state index contributed by atoms with van der Waals surface area (Å²) >= 11 is 0. The summed E-state index contributed by atoms with van der Waals surface area (Å²) in [6.45, 7) is 13.6. The zero-order chi connectivity index (χ0) is 16.1. The Morgan fingerprint density at radius 3 is 2.43 bits per heavy atom. The van der Waals surface area contributed by atoms with Crippen LogP contribution in [0.2, 0.25) is 0 Å². The summed E-state index contributed by atoms with van der Waals surface area (Å²) in [5.41, 5.74) is 1.12. The van der Waals surface area contributed by atoms with Crippen LogP contribution >= 0.6 is 0 Å². The van der Waals surface area contributed by atoms with E-state index in [9.17, 15) is 0 Å². The molecule has 0 fully saturated rings. The van der Waals surface area contributed by atoms with Gasteiger partial charge in [-0.25, -0.2) is 0 Å². The van der Waals surface area contributed by atoms with Crippen LogP contribution in [0.5, 0.6) is 0 Å². The van der Waals surface area contributed by atoms with Gasteiger partial charge in [-0.1, -0.05) is 53.2 Å². The van der Waals surface area contributed by atoms with Gasteiger partial charge in [-0.2, -0.15) is 0 Å². The number of unbranched alkanes of at least 4 members (excludes halogenated alkanes) is 3. The van der Waals surface area contributed by atoms with Crippen molar-refractivity contribution in [2.75, 3.05) is 0 Å². The zero-order valence-corrected chi connectivity index (χ0v) is 14.8. The molecular formula is C18H33N3. The third-order valence-electron chi connectivity index (χ3n) is 2.76.